The minimum Gasteiger partial charge on any atom is -0.473 e. The van der Waals surface area contributed by atoms with Gasteiger partial charge in [0.2, 0.25) is 5.88 Å². The molecule has 0 aliphatic carbocycles. The van der Waals surface area contributed by atoms with Crippen LogP contribution in [0.25, 0.3) is 11.3 Å². The molecule has 2 N–H and O–H groups in total. The molecule has 4 aromatic rings. The number of ether oxygens (including phenoxy) is 1. The van der Waals surface area contributed by atoms with Crippen LogP contribution in [0.2, 0.25) is 5.02 Å². The summed E-state index contributed by atoms with van der Waals surface area (Å²) < 4.78 is 47.1. The molecule has 180 valence electrons. The topological polar surface area (TPSA) is 115 Å². The highest BCUT2D eigenvalue weighted by molar-refractivity contribution is 7.89. The second kappa shape index (κ2) is 10.2. The Morgan fingerprint density at radius 1 is 1.14 bits per heavy atom. The van der Waals surface area contributed by atoms with E-state index in [0.717, 1.165) is 5.56 Å². The summed E-state index contributed by atoms with van der Waals surface area (Å²) in [6.07, 6.45) is 3.19. The number of aryl methyl sites for hydroxylation is 1. The van der Waals surface area contributed by atoms with Crippen molar-refractivity contribution in [2.75, 3.05) is 0 Å². The number of nitrogens with zero attached hydrogens (tertiary/aromatic N) is 3. The van der Waals surface area contributed by atoms with Gasteiger partial charge < -0.3 is 9.30 Å². The molecule has 2 heterocycles. The van der Waals surface area contributed by atoms with E-state index in [-0.39, 0.29) is 17.5 Å². The number of sulfonamides is 1. The van der Waals surface area contributed by atoms with Crippen LogP contribution in [0.3, 0.4) is 0 Å². The van der Waals surface area contributed by atoms with Crippen LogP contribution >= 0.6 is 11.6 Å². The molecule has 2 aromatic carbocycles. The van der Waals surface area contributed by atoms with E-state index in [1.165, 1.54) is 36.7 Å². The number of benzene rings is 2. The Balaban J connectivity index is 1.47. The minimum atomic E-state index is -4.29. The van der Waals surface area contributed by atoms with E-state index in [4.69, 9.17) is 16.3 Å². The number of carbonyl (C=O) groups is 1. The smallest absolute Gasteiger partial charge is 0.274 e. The number of pyridine rings is 1. The highest BCUT2D eigenvalue weighted by atomic mass is 35.5. The molecule has 35 heavy (non-hydrogen) atoms. The Morgan fingerprint density at radius 2 is 1.91 bits per heavy atom. The highest BCUT2D eigenvalue weighted by Crippen LogP contribution is 2.27. The molecule has 0 saturated heterocycles. The number of hydrogen-bond acceptors (Lipinski definition) is 6. The molecule has 0 aliphatic heterocycles. The van der Waals surface area contributed by atoms with Crippen molar-refractivity contribution in [2.45, 2.75) is 11.6 Å². The Bertz CT molecular complexity index is 1480. The van der Waals surface area contributed by atoms with Gasteiger partial charge in [-0.1, -0.05) is 48.0 Å². The van der Waals surface area contributed by atoms with Gasteiger partial charge in [0.05, 0.1) is 22.6 Å². The average molecular weight is 516 g/mol. The van der Waals surface area contributed by atoms with Crippen LogP contribution < -0.4 is 15.0 Å². The third kappa shape index (κ3) is 5.83. The van der Waals surface area contributed by atoms with Crippen molar-refractivity contribution in [3.8, 4) is 17.1 Å². The molecule has 0 unspecified atom stereocenters. The Kier molecular flexibility index (Phi) is 7.10. The summed E-state index contributed by atoms with van der Waals surface area (Å²) in [6, 6.07) is 16.0. The lowest BCUT2D eigenvalue weighted by atomic mass is 10.1. The van der Waals surface area contributed by atoms with E-state index >= 15 is 0 Å². The molecular weight excluding hydrogens is 497 g/mol. The normalized spacial score (nSPS) is 11.3. The third-order valence-corrected chi connectivity index (χ3v) is 6.20. The second-order valence-electron chi connectivity index (χ2n) is 7.39. The van der Waals surface area contributed by atoms with Crippen LogP contribution in [-0.2, 0) is 23.7 Å². The molecule has 0 radical (unpaired) electrons. The van der Waals surface area contributed by atoms with Crippen molar-refractivity contribution in [3.05, 3.63) is 95.2 Å². The number of aromatic nitrogens is 3. The fraction of sp³-hybridized carbons (Fsp3) is 0.0870. The average Bonchev–Trinajstić information content (AvgIpc) is 3.30. The largest absolute Gasteiger partial charge is 0.473 e. The van der Waals surface area contributed by atoms with Crippen molar-refractivity contribution in [1.82, 2.24) is 24.8 Å². The van der Waals surface area contributed by atoms with Crippen molar-refractivity contribution in [1.29, 1.82) is 0 Å². The second-order valence-corrected chi connectivity index (χ2v) is 9.43. The summed E-state index contributed by atoms with van der Waals surface area (Å²) in [6.45, 7) is 0.189. The first kappa shape index (κ1) is 24.3. The van der Waals surface area contributed by atoms with E-state index in [0.29, 0.717) is 11.3 Å². The van der Waals surface area contributed by atoms with Gasteiger partial charge in [-0.3, -0.25) is 10.2 Å². The lowest BCUT2D eigenvalue weighted by Gasteiger charge is -2.11. The minimum absolute atomic E-state index is 0.0731. The van der Waals surface area contributed by atoms with E-state index in [2.05, 4.69) is 9.97 Å². The molecule has 0 bridgehead atoms. The lowest BCUT2D eigenvalue weighted by Crippen LogP contribution is -2.42. The zero-order valence-electron chi connectivity index (χ0n) is 18.3. The predicted molar refractivity (Wildman–Crippen MR) is 126 cm³/mol. The number of amides is 1. The molecule has 0 atom stereocenters. The summed E-state index contributed by atoms with van der Waals surface area (Å²) in [5, 5.41) is -0.713. The molecule has 1 amide bonds. The predicted octanol–water partition coefficient (Wildman–Crippen LogP) is 3.48. The van der Waals surface area contributed by atoms with Crippen LogP contribution in [0.5, 0.6) is 5.88 Å². The number of halogens is 2. The molecule has 0 saturated carbocycles. The summed E-state index contributed by atoms with van der Waals surface area (Å²) in [4.78, 5) is 22.6. The van der Waals surface area contributed by atoms with Gasteiger partial charge in [0.25, 0.3) is 15.9 Å². The van der Waals surface area contributed by atoms with Crippen LogP contribution in [0.4, 0.5) is 4.39 Å². The summed E-state index contributed by atoms with van der Waals surface area (Å²) in [7, 11) is -2.55. The number of hydrazine groups is 1. The van der Waals surface area contributed by atoms with Crippen LogP contribution in [0, 0.1) is 5.82 Å². The lowest BCUT2D eigenvalue weighted by molar-refractivity contribution is 0.0941. The number of rotatable bonds is 8. The summed E-state index contributed by atoms with van der Waals surface area (Å²) >= 11 is 5.94. The number of nitrogens with one attached hydrogen (secondary N) is 2. The van der Waals surface area contributed by atoms with Gasteiger partial charge in [0.1, 0.15) is 6.61 Å². The number of carbonyl (C=O) groups excluding carboxylic acids is 1. The van der Waals surface area contributed by atoms with Gasteiger partial charge in [-0.05, 0) is 23.8 Å². The van der Waals surface area contributed by atoms with Gasteiger partial charge in [0, 0.05) is 24.9 Å². The van der Waals surface area contributed by atoms with E-state index in [1.807, 2.05) is 40.6 Å². The van der Waals surface area contributed by atoms with Gasteiger partial charge in [-0.25, -0.2) is 22.8 Å². The number of hydrogen-bond donors (Lipinski definition) is 2. The monoisotopic (exact) mass is 515 g/mol. The maximum absolute atomic E-state index is 14.5. The van der Waals surface area contributed by atoms with Crippen LogP contribution in [-0.4, -0.2) is 28.9 Å². The Labute approximate surface area is 205 Å². The SMILES string of the molecule is Cn1cnc(-c2cc(Cl)c(F)c(C(=O)NNS(=O)(=O)c3cccc(OCc4ccccc4)n3)c2)c1. The van der Waals surface area contributed by atoms with Crippen molar-refractivity contribution in [2.24, 2.45) is 7.05 Å². The summed E-state index contributed by atoms with van der Waals surface area (Å²) in [5.74, 6) is -1.98. The van der Waals surface area contributed by atoms with Crippen molar-refractivity contribution >= 4 is 27.5 Å². The molecule has 9 nitrogen and oxygen atoms in total. The van der Waals surface area contributed by atoms with Gasteiger partial charge in [-0.15, -0.1) is 4.83 Å². The van der Waals surface area contributed by atoms with Crippen LogP contribution in [0.15, 0.2) is 78.2 Å². The molecule has 12 heteroatoms. The first-order chi connectivity index (χ1) is 16.7. The first-order valence-corrected chi connectivity index (χ1v) is 12.0. The maximum atomic E-state index is 14.5. The zero-order valence-corrected chi connectivity index (χ0v) is 19.8. The fourth-order valence-corrected chi connectivity index (χ4v) is 4.07. The maximum Gasteiger partial charge on any atom is 0.274 e. The van der Waals surface area contributed by atoms with Crippen molar-refractivity contribution < 1.29 is 22.3 Å². The van der Waals surface area contributed by atoms with Gasteiger partial charge >= 0.3 is 0 Å². The highest BCUT2D eigenvalue weighted by Gasteiger charge is 2.22. The number of imidazole rings is 1. The van der Waals surface area contributed by atoms with E-state index < -0.39 is 32.3 Å². The van der Waals surface area contributed by atoms with Crippen molar-refractivity contribution in [3.63, 3.8) is 0 Å². The molecule has 2 aromatic heterocycles. The molecule has 0 fully saturated rings. The molecule has 0 aliphatic rings. The fourth-order valence-electron chi connectivity index (χ4n) is 3.05. The summed E-state index contributed by atoms with van der Waals surface area (Å²) in [5.41, 5.74) is 3.24. The Hall–Kier alpha value is -3.80. The molecule has 4 rings (SSSR count). The third-order valence-electron chi connectivity index (χ3n) is 4.78. The molecule has 0 spiro atoms. The van der Waals surface area contributed by atoms with E-state index in [1.54, 1.807) is 17.8 Å². The van der Waals surface area contributed by atoms with E-state index in [9.17, 15) is 17.6 Å². The zero-order chi connectivity index (χ0) is 25.0. The van der Waals surface area contributed by atoms with Gasteiger partial charge in [0.15, 0.2) is 10.8 Å². The Morgan fingerprint density at radius 3 is 2.63 bits per heavy atom. The first-order valence-electron chi connectivity index (χ1n) is 10.2. The quantitative estimate of drug-likeness (QED) is 0.347. The standard InChI is InChI=1S/C23H19ClFN5O4S/c1-30-12-19(26-14-30)16-10-17(22(25)18(24)11-16)23(31)28-29-35(32,33)21-9-5-8-20(27-21)34-13-15-6-3-2-4-7-15/h2-12,14,29H,13H2,1H3,(H,28,31). The molecular formula is C23H19ClFN5O4S. The van der Waals surface area contributed by atoms with Gasteiger partial charge in [-0.2, -0.15) is 0 Å². The van der Waals surface area contributed by atoms with Crippen LogP contribution in [0.1, 0.15) is 15.9 Å².